The molecule has 21 heavy (non-hydrogen) atoms. The molecule has 118 valence electrons. The van der Waals surface area contributed by atoms with Crippen molar-refractivity contribution in [2.75, 3.05) is 7.11 Å². The first-order valence-corrected chi connectivity index (χ1v) is 6.87. The van der Waals surface area contributed by atoms with Crippen molar-refractivity contribution >= 4 is 5.97 Å². The van der Waals surface area contributed by atoms with Crippen LogP contribution in [0, 0.1) is 5.92 Å². The fourth-order valence-electron chi connectivity index (χ4n) is 2.55. The number of carbonyl (C=O) groups is 1. The van der Waals surface area contributed by atoms with Crippen LogP contribution in [0.1, 0.15) is 42.0 Å². The number of hydrogen-bond donors (Lipinski definition) is 1. The second kappa shape index (κ2) is 6.51. The SMILES string of the molecule is COC(=O)c1ccc(CNC2CCC(C(F)(F)F)CC2)o1. The molecule has 7 heteroatoms. The molecule has 1 fully saturated rings. The van der Waals surface area contributed by atoms with E-state index in [4.69, 9.17) is 4.42 Å². The molecule has 1 aliphatic carbocycles. The summed E-state index contributed by atoms with van der Waals surface area (Å²) in [6.45, 7) is 0.387. The Morgan fingerprint density at radius 3 is 2.57 bits per heavy atom. The van der Waals surface area contributed by atoms with E-state index in [1.165, 1.54) is 13.2 Å². The lowest BCUT2D eigenvalue weighted by Crippen LogP contribution is -2.36. The highest BCUT2D eigenvalue weighted by Crippen LogP contribution is 2.37. The summed E-state index contributed by atoms with van der Waals surface area (Å²) in [7, 11) is 1.27. The first-order chi connectivity index (χ1) is 9.90. The summed E-state index contributed by atoms with van der Waals surface area (Å²) in [5.74, 6) is -1.04. The standard InChI is InChI=1S/C14H18F3NO3/c1-20-13(19)12-7-6-11(21-12)8-18-10-4-2-9(3-5-10)14(15,16)17/h6-7,9-10,18H,2-5,8H2,1H3. The average Bonchev–Trinajstić information content (AvgIpc) is 2.92. The number of ether oxygens (including phenoxy) is 1. The fraction of sp³-hybridized carbons (Fsp3) is 0.643. The van der Waals surface area contributed by atoms with Gasteiger partial charge in [0.25, 0.3) is 0 Å². The fourth-order valence-corrected chi connectivity index (χ4v) is 2.55. The normalized spacial score (nSPS) is 23.0. The van der Waals surface area contributed by atoms with Crippen LogP contribution >= 0.6 is 0 Å². The van der Waals surface area contributed by atoms with Crippen LogP contribution in [0.25, 0.3) is 0 Å². The zero-order valence-corrected chi connectivity index (χ0v) is 11.7. The Hall–Kier alpha value is -1.50. The minimum atomic E-state index is -4.08. The first-order valence-electron chi connectivity index (χ1n) is 6.87. The maximum absolute atomic E-state index is 12.6. The molecule has 0 amide bonds. The van der Waals surface area contributed by atoms with Gasteiger partial charge in [-0.15, -0.1) is 0 Å². The van der Waals surface area contributed by atoms with E-state index in [1.807, 2.05) is 0 Å². The number of alkyl halides is 3. The van der Waals surface area contributed by atoms with Crippen molar-refractivity contribution in [2.24, 2.45) is 5.92 Å². The molecule has 1 heterocycles. The van der Waals surface area contributed by atoms with Gasteiger partial charge in [0.15, 0.2) is 0 Å². The topological polar surface area (TPSA) is 51.5 Å². The molecule has 0 aliphatic heterocycles. The van der Waals surface area contributed by atoms with Crippen LogP contribution in [0.4, 0.5) is 13.2 Å². The Kier molecular flexibility index (Phi) is 4.92. The van der Waals surface area contributed by atoms with Gasteiger partial charge < -0.3 is 14.5 Å². The Labute approximate surface area is 120 Å². The van der Waals surface area contributed by atoms with Gasteiger partial charge in [-0.25, -0.2) is 4.79 Å². The summed E-state index contributed by atoms with van der Waals surface area (Å²) in [5, 5.41) is 3.17. The summed E-state index contributed by atoms with van der Waals surface area (Å²) < 4.78 is 47.5. The lowest BCUT2D eigenvalue weighted by atomic mass is 9.85. The molecule has 0 atom stereocenters. The smallest absolute Gasteiger partial charge is 0.391 e. The Balaban J connectivity index is 1.77. The second-order valence-electron chi connectivity index (χ2n) is 5.23. The van der Waals surface area contributed by atoms with Gasteiger partial charge in [0, 0.05) is 6.04 Å². The molecule has 1 aromatic heterocycles. The van der Waals surface area contributed by atoms with E-state index in [0.717, 1.165) is 0 Å². The summed E-state index contributed by atoms with van der Waals surface area (Å²) in [6.07, 6.45) is -2.77. The van der Waals surface area contributed by atoms with Crippen LogP contribution in [-0.4, -0.2) is 25.3 Å². The number of hydrogen-bond acceptors (Lipinski definition) is 4. The molecule has 0 saturated heterocycles. The van der Waals surface area contributed by atoms with Gasteiger partial charge in [-0.05, 0) is 37.8 Å². The number of esters is 1. The maximum atomic E-state index is 12.6. The Bertz CT molecular complexity index is 476. The number of methoxy groups -OCH3 is 1. The summed E-state index contributed by atoms with van der Waals surface area (Å²) >= 11 is 0. The molecule has 1 N–H and O–H groups in total. The molecule has 0 spiro atoms. The highest BCUT2D eigenvalue weighted by molar-refractivity contribution is 5.86. The highest BCUT2D eigenvalue weighted by Gasteiger charge is 2.41. The molecule has 0 aromatic carbocycles. The van der Waals surface area contributed by atoms with Crippen molar-refractivity contribution in [1.82, 2.24) is 5.32 Å². The predicted molar refractivity (Wildman–Crippen MR) is 68.7 cm³/mol. The van der Waals surface area contributed by atoms with Gasteiger partial charge >= 0.3 is 12.1 Å². The lowest BCUT2D eigenvalue weighted by Gasteiger charge is -2.30. The molecule has 2 rings (SSSR count). The largest absolute Gasteiger partial charge is 0.463 e. The van der Waals surface area contributed by atoms with Gasteiger partial charge in [-0.1, -0.05) is 0 Å². The van der Waals surface area contributed by atoms with Crippen molar-refractivity contribution < 1.29 is 27.1 Å². The van der Waals surface area contributed by atoms with E-state index in [-0.39, 0.29) is 24.6 Å². The average molecular weight is 305 g/mol. The molecule has 1 aliphatic rings. The third-order valence-corrected chi connectivity index (χ3v) is 3.80. The summed E-state index contributed by atoms with van der Waals surface area (Å²) in [4.78, 5) is 11.2. The van der Waals surface area contributed by atoms with Crippen molar-refractivity contribution in [3.63, 3.8) is 0 Å². The number of nitrogens with one attached hydrogen (secondary N) is 1. The molecule has 0 bridgehead atoms. The summed E-state index contributed by atoms with van der Waals surface area (Å²) in [6, 6.07) is 3.22. The van der Waals surface area contributed by atoms with E-state index < -0.39 is 18.1 Å². The highest BCUT2D eigenvalue weighted by atomic mass is 19.4. The molecule has 4 nitrogen and oxygen atoms in total. The van der Waals surface area contributed by atoms with Crippen LogP contribution in [-0.2, 0) is 11.3 Å². The van der Waals surface area contributed by atoms with Crippen molar-refractivity contribution in [2.45, 2.75) is 44.4 Å². The van der Waals surface area contributed by atoms with Gasteiger partial charge in [0.05, 0.1) is 19.6 Å². The van der Waals surface area contributed by atoms with E-state index in [0.29, 0.717) is 25.1 Å². The van der Waals surface area contributed by atoms with Gasteiger partial charge in [-0.3, -0.25) is 0 Å². The number of carbonyl (C=O) groups excluding carboxylic acids is 1. The van der Waals surface area contributed by atoms with E-state index in [2.05, 4.69) is 10.1 Å². The van der Waals surface area contributed by atoms with Crippen LogP contribution in [0.15, 0.2) is 16.5 Å². The van der Waals surface area contributed by atoms with Crippen molar-refractivity contribution in [1.29, 1.82) is 0 Å². The van der Waals surface area contributed by atoms with Crippen molar-refractivity contribution in [3.8, 4) is 0 Å². The quantitative estimate of drug-likeness (QED) is 0.867. The predicted octanol–water partition coefficient (Wildman–Crippen LogP) is 3.28. The number of rotatable bonds is 4. The van der Waals surface area contributed by atoms with Crippen molar-refractivity contribution in [3.05, 3.63) is 23.7 Å². The number of furan rings is 1. The van der Waals surface area contributed by atoms with Gasteiger partial charge in [-0.2, -0.15) is 13.2 Å². The zero-order chi connectivity index (χ0) is 15.5. The molecular formula is C14H18F3NO3. The van der Waals surface area contributed by atoms with Gasteiger partial charge in [0.2, 0.25) is 5.76 Å². The minimum absolute atomic E-state index is 0.0512. The minimum Gasteiger partial charge on any atom is -0.463 e. The lowest BCUT2D eigenvalue weighted by molar-refractivity contribution is -0.182. The van der Waals surface area contributed by atoms with Crippen LogP contribution in [0.5, 0.6) is 0 Å². The first kappa shape index (κ1) is 15.9. The third kappa shape index (κ3) is 4.23. The maximum Gasteiger partial charge on any atom is 0.391 e. The monoisotopic (exact) mass is 305 g/mol. The molecule has 1 aromatic rings. The molecule has 1 saturated carbocycles. The molecule has 0 unspecified atom stereocenters. The molecule has 0 radical (unpaired) electrons. The zero-order valence-electron chi connectivity index (χ0n) is 11.7. The van der Waals surface area contributed by atoms with Gasteiger partial charge in [0.1, 0.15) is 5.76 Å². The second-order valence-corrected chi connectivity index (χ2v) is 5.23. The summed E-state index contributed by atoms with van der Waals surface area (Å²) in [5.41, 5.74) is 0. The van der Waals surface area contributed by atoms with Crippen LogP contribution < -0.4 is 5.32 Å². The van der Waals surface area contributed by atoms with E-state index >= 15 is 0 Å². The third-order valence-electron chi connectivity index (χ3n) is 3.80. The molecular weight excluding hydrogens is 287 g/mol. The number of halogens is 3. The van der Waals surface area contributed by atoms with E-state index in [1.54, 1.807) is 6.07 Å². The van der Waals surface area contributed by atoms with E-state index in [9.17, 15) is 18.0 Å². The Morgan fingerprint density at radius 1 is 1.33 bits per heavy atom. The Morgan fingerprint density at radius 2 is 2.00 bits per heavy atom. The van der Waals surface area contributed by atoms with Crippen LogP contribution in [0.2, 0.25) is 0 Å². The van der Waals surface area contributed by atoms with Crippen LogP contribution in [0.3, 0.4) is 0 Å².